The molecule has 6 heteroatoms. The molecule has 0 radical (unpaired) electrons. The van der Waals surface area contributed by atoms with Crippen LogP contribution in [0.25, 0.3) is 11.6 Å². The molecule has 5 nitrogen and oxygen atoms in total. The number of carboxylic acid groups (broad SMARTS) is 1. The third-order valence-electron chi connectivity index (χ3n) is 3.09. The van der Waals surface area contributed by atoms with E-state index in [0.29, 0.717) is 22.6 Å². The van der Waals surface area contributed by atoms with Crippen LogP contribution < -0.4 is 39.0 Å². The Morgan fingerprint density at radius 2 is 1.57 bits per heavy atom. The van der Waals surface area contributed by atoms with Crippen LogP contribution in [0.3, 0.4) is 0 Å². The standard InChI is InChI=1S/C17H16O5.Na.H/c1-21-14-7-11(8-15(10-14)22-2)9-16(17(19)20)12-3-5-13(18)6-4-12;;/h3-10,18H,1-2H3,(H,19,20);;/q;+1;-1/b16-9+;;. The molecule has 0 heterocycles. The fourth-order valence-corrected chi connectivity index (χ4v) is 1.99. The number of aliphatic carboxylic acids is 1. The summed E-state index contributed by atoms with van der Waals surface area (Å²) in [5.41, 5.74) is 1.24. The van der Waals surface area contributed by atoms with Crippen LogP contribution in [0.15, 0.2) is 42.5 Å². The molecular weight excluding hydrogens is 307 g/mol. The second kappa shape index (κ2) is 8.62. The molecule has 0 aliphatic heterocycles. The van der Waals surface area contributed by atoms with Crippen LogP contribution in [0.2, 0.25) is 0 Å². The van der Waals surface area contributed by atoms with Gasteiger partial charge in [-0.3, -0.25) is 0 Å². The molecule has 2 aromatic rings. The largest absolute Gasteiger partial charge is 1.00 e. The molecule has 116 valence electrons. The third-order valence-corrected chi connectivity index (χ3v) is 3.09. The molecule has 0 amide bonds. The minimum absolute atomic E-state index is 0. The van der Waals surface area contributed by atoms with Crippen molar-refractivity contribution in [2.75, 3.05) is 14.2 Å². The average molecular weight is 324 g/mol. The van der Waals surface area contributed by atoms with E-state index in [0.717, 1.165) is 0 Å². The van der Waals surface area contributed by atoms with Crippen LogP contribution in [0.5, 0.6) is 17.2 Å². The topological polar surface area (TPSA) is 76.0 Å². The molecular formula is C17H17NaO5. The third kappa shape index (κ3) is 5.03. The van der Waals surface area contributed by atoms with Gasteiger partial charge in [0.25, 0.3) is 0 Å². The van der Waals surface area contributed by atoms with Crippen molar-refractivity contribution in [3.63, 3.8) is 0 Å². The number of aromatic hydroxyl groups is 1. The summed E-state index contributed by atoms with van der Waals surface area (Å²) in [6, 6.07) is 11.1. The molecule has 2 N–H and O–H groups in total. The van der Waals surface area contributed by atoms with Gasteiger partial charge in [0.2, 0.25) is 0 Å². The zero-order valence-corrected chi connectivity index (χ0v) is 15.2. The van der Waals surface area contributed by atoms with E-state index in [1.807, 2.05) is 0 Å². The predicted molar refractivity (Wildman–Crippen MR) is 84.3 cm³/mol. The first-order valence-electron chi connectivity index (χ1n) is 6.51. The molecule has 0 saturated carbocycles. The summed E-state index contributed by atoms with van der Waals surface area (Å²) in [6.45, 7) is 0. The Morgan fingerprint density at radius 1 is 1.04 bits per heavy atom. The smallest absolute Gasteiger partial charge is 1.00 e. The summed E-state index contributed by atoms with van der Waals surface area (Å²) in [4.78, 5) is 11.5. The molecule has 0 fully saturated rings. The van der Waals surface area contributed by atoms with Gasteiger partial charge in [0, 0.05) is 6.07 Å². The molecule has 2 aromatic carbocycles. The number of carboxylic acids is 1. The number of hydrogen-bond acceptors (Lipinski definition) is 4. The summed E-state index contributed by atoms with van der Waals surface area (Å²) in [7, 11) is 3.06. The van der Waals surface area contributed by atoms with Gasteiger partial charge >= 0.3 is 35.5 Å². The normalized spacial score (nSPS) is 10.6. The SMILES string of the molecule is COc1cc(/C=C(/C(=O)O)c2ccc(O)cc2)cc(OC)c1.[H-].[Na+]. The molecule has 0 aliphatic rings. The van der Waals surface area contributed by atoms with Gasteiger partial charge in [-0.2, -0.15) is 0 Å². The summed E-state index contributed by atoms with van der Waals surface area (Å²) < 4.78 is 10.3. The fraction of sp³-hybridized carbons (Fsp3) is 0.118. The molecule has 2 rings (SSSR count). The van der Waals surface area contributed by atoms with Gasteiger partial charge in [-0.15, -0.1) is 0 Å². The maximum Gasteiger partial charge on any atom is 1.00 e. The summed E-state index contributed by atoms with van der Waals surface area (Å²) in [6.07, 6.45) is 1.53. The number of methoxy groups -OCH3 is 2. The molecule has 0 bridgehead atoms. The van der Waals surface area contributed by atoms with Crippen LogP contribution in [0.1, 0.15) is 12.6 Å². The van der Waals surface area contributed by atoms with E-state index in [9.17, 15) is 15.0 Å². The van der Waals surface area contributed by atoms with E-state index in [1.54, 1.807) is 30.3 Å². The van der Waals surface area contributed by atoms with E-state index < -0.39 is 5.97 Å². The Balaban J connectivity index is 0.00000264. The summed E-state index contributed by atoms with van der Waals surface area (Å²) >= 11 is 0. The monoisotopic (exact) mass is 324 g/mol. The van der Waals surface area contributed by atoms with Crippen molar-refractivity contribution in [2.24, 2.45) is 0 Å². The van der Waals surface area contributed by atoms with Crippen molar-refractivity contribution in [3.8, 4) is 17.2 Å². The molecule has 0 spiro atoms. The van der Waals surface area contributed by atoms with E-state index in [2.05, 4.69) is 0 Å². The first-order valence-corrected chi connectivity index (χ1v) is 6.51. The van der Waals surface area contributed by atoms with Crippen LogP contribution >= 0.6 is 0 Å². The number of rotatable bonds is 5. The van der Waals surface area contributed by atoms with Gasteiger partial charge in [-0.05, 0) is 41.5 Å². The van der Waals surface area contributed by atoms with Crippen molar-refractivity contribution in [1.29, 1.82) is 0 Å². The van der Waals surface area contributed by atoms with Crippen LogP contribution in [0.4, 0.5) is 0 Å². The zero-order chi connectivity index (χ0) is 16.1. The van der Waals surface area contributed by atoms with Gasteiger partial charge < -0.3 is 21.1 Å². The molecule has 0 atom stereocenters. The minimum atomic E-state index is -1.06. The number of ether oxygens (including phenoxy) is 2. The quantitative estimate of drug-likeness (QED) is 0.465. The fourth-order valence-electron chi connectivity index (χ4n) is 1.99. The minimum Gasteiger partial charge on any atom is -1.00 e. The van der Waals surface area contributed by atoms with Crippen molar-refractivity contribution in [3.05, 3.63) is 53.6 Å². The van der Waals surface area contributed by atoms with Crippen LogP contribution in [-0.2, 0) is 4.79 Å². The van der Waals surface area contributed by atoms with Crippen molar-refractivity contribution in [1.82, 2.24) is 0 Å². The van der Waals surface area contributed by atoms with Gasteiger partial charge in [-0.25, -0.2) is 4.79 Å². The number of phenols is 1. The Hall–Kier alpha value is -1.95. The van der Waals surface area contributed by atoms with Crippen LogP contribution in [-0.4, -0.2) is 30.4 Å². The van der Waals surface area contributed by atoms with E-state index in [1.165, 1.54) is 32.4 Å². The van der Waals surface area contributed by atoms with Gasteiger partial charge in [0.1, 0.15) is 17.2 Å². The van der Waals surface area contributed by atoms with E-state index >= 15 is 0 Å². The van der Waals surface area contributed by atoms with Crippen molar-refractivity contribution >= 4 is 17.6 Å². The molecule has 0 saturated heterocycles. The maximum atomic E-state index is 11.5. The molecule has 23 heavy (non-hydrogen) atoms. The average Bonchev–Trinajstić information content (AvgIpc) is 2.53. The Bertz CT molecular complexity index is 691. The van der Waals surface area contributed by atoms with Gasteiger partial charge in [-0.1, -0.05) is 12.1 Å². The van der Waals surface area contributed by atoms with E-state index in [-0.39, 0.29) is 42.3 Å². The first kappa shape index (κ1) is 19.1. The Morgan fingerprint density at radius 3 is 2.00 bits per heavy atom. The number of hydrogen-bond donors (Lipinski definition) is 2. The summed E-state index contributed by atoms with van der Waals surface area (Å²) in [5.74, 6) is 0.158. The molecule has 0 unspecified atom stereocenters. The number of phenolic OH excluding ortho intramolecular Hbond substituents is 1. The zero-order valence-electron chi connectivity index (χ0n) is 14.2. The first-order chi connectivity index (χ1) is 10.5. The van der Waals surface area contributed by atoms with Gasteiger partial charge in [0.15, 0.2) is 0 Å². The number of carbonyl (C=O) groups is 1. The predicted octanol–water partition coefficient (Wildman–Crippen LogP) is 0.151. The van der Waals surface area contributed by atoms with E-state index in [4.69, 9.17) is 9.47 Å². The Kier molecular flexibility index (Phi) is 7.16. The Labute approximate surface area is 157 Å². The van der Waals surface area contributed by atoms with Gasteiger partial charge in [0.05, 0.1) is 19.8 Å². The van der Waals surface area contributed by atoms with Crippen molar-refractivity contribution in [2.45, 2.75) is 0 Å². The van der Waals surface area contributed by atoms with Crippen molar-refractivity contribution < 1.29 is 55.5 Å². The molecule has 0 aliphatic carbocycles. The summed E-state index contributed by atoms with van der Waals surface area (Å²) in [5, 5.41) is 18.7. The second-order valence-electron chi connectivity index (χ2n) is 4.56. The maximum absolute atomic E-state index is 11.5. The molecule has 0 aromatic heterocycles. The van der Waals surface area contributed by atoms with Crippen LogP contribution in [0, 0.1) is 0 Å². The number of benzene rings is 2. The second-order valence-corrected chi connectivity index (χ2v) is 4.56.